The van der Waals surface area contributed by atoms with Gasteiger partial charge in [0.05, 0.1) is 11.2 Å². The van der Waals surface area contributed by atoms with Crippen LogP contribution in [0.15, 0.2) is 36.5 Å². The van der Waals surface area contributed by atoms with Crippen LogP contribution >= 0.6 is 22.9 Å². The number of alkyl carbamates (subject to hydrolysis) is 1. The molecule has 6 nitrogen and oxygen atoms in total. The number of ether oxygens (including phenoxy) is 1. The zero-order chi connectivity index (χ0) is 17.4. The monoisotopic (exact) mass is 368 g/mol. The summed E-state index contributed by atoms with van der Waals surface area (Å²) < 4.78 is 5.72. The van der Waals surface area contributed by atoms with Gasteiger partial charge in [-0.2, -0.15) is 0 Å². The molecule has 2 N–H and O–H groups in total. The van der Waals surface area contributed by atoms with E-state index in [2.05, 4.69) is 10.3 Å². The molecule has 0 saturated heterocycles. The van der Waals surface area contributed by atoms with E-state index >= 15 is 0 Å². The Hall–Kier alpha value is -2.12. The van der Waals surface area contributed by atoms with Crippen molar-refractivity contribution in [2.75, 3.05) is 0 Å². The van der Waals surface area contributed by atoms with Crippen LogP contribution < -0.4 is 5.32 Å². The standard InChI is InChI=1S/C16H17ClN2O4S/c17-13-9-18-14(24-13)8-12(6-7-15(20)21)19-16(22)23-10-11-4-2-1-3-5-11/h1-5,9,12H,6-8,10H2,(H,19,22)(H,20,21). The smallest absolute Gasteiger partial charge is 0.407 e. The number of carbonyl (C=O) groups is 2. The number of carboxylic acid groups (broad SMARTS) is 1. The predicted molar refractivity (Wildman–Crippen MR) is 91.2 cm³/mol. The summed E-state index contributed by atoms with van der Waals surface area (Å²) in [5, 5.41) is 12.3. The van der Waals surface area contributed by atoms with Crippen LogP contribution in [0, 0.1) is 0 Å². The molecule has 0 fully saturated rings. The molecule has 0 spiro atoms. The number of nitrogens with zero attached hydrogens (tertiary/aromatic N) is 1. The summed E-state index contributed by atoms with van der Waals surface area (Å²) in [6, 6.07) is 8.92. The number of amides is 1. The van der Waals surface area contributed by atoms with Crippen LogP contribution in [0.1, 0.15) is 23.4 Å². The van der Waals surface area contributed by atoms with E-state index in [-0.39, 0.29) is 25.5 Å². The zero-order valence-electron chi connectivity index (χ0n) is 12.8. The minimum Gasteiger partial charge on any atom is -0.481 e. The molecule has 1 unspecified atom stereocenters. The van der Waals surface area contributed by atoms with E-state index < -0.39 is 12.1 Å². The van der Waals surface area contributed by atoms with Crippen molar-refractivity contribution in [1.82, 2.24) is 10.3 Å². The summed E-state index contributed by atoms with van der Waals surface area (Å²) in [6.07, 6.45) is 1.58. The van der Waals surface area contributed by atoms with E-state index in [9.17, 15) is 9.59 Å². The number of carboxylic acids is 1. The van der Waals surface area contributed by atoms with E-state index in [0.29, 0.717) is 10.8 Å². The van der Waals surface area contributed by atoms with Gasteiger partial charge in [0.15, 0.2) is 0 Å². The fraction of sp³-hybridized carbons (Fsp3) is 0.312. The summed E-state index contributed by atoms with van der Waals surface area (Å²) in [5.74, 6) is -0.920. The first-order valence-electron chi connectivity index (χ1n) is 7.32. The number of aromatic nitrogens is 1. The topological polar surface area (TPSA) is 88.5 Å². The normalized spacial score (nSPS) is 11.7. The third-order valence-corrected chi connectivity index (χ3v) is 4.32. The number of halogens is 1. The van der Waals surface area contributed by atoms with Gasteiger partial charge in [0.2, 0.25) is 0 Å². The first-order valence-corrected chi connectivity index (χ1v) is 8.51. The van der Waals surface area contributed by atoms with E-state index in [4.69, 9.17) is 21.4 Å². The van der Waals surface area contributed by atoms with Gasteiger partial charge in [-0.05, 0) is 12.0 Å². The van der Waals surface area contributed by atoms with Gasteiger partial charge in [-0.1, -0.05) is 41.9 Å². The molecular formula is C16H17ClN2O4S. The number of carbonyl (C=O) groups excluding carboxylic acids is 1. The summed E-state index contributed by atoms with van der Waals surface area (Å²) >= 11 is 7.15. The first kappa shape index (κ1) is 18.2. The summed E-state index contributed by atoms with van der Waals surface area (Å²) in [7, 11) is 0. The summed E-state index contributed by atoms with van der Waals surface area (Å²) in [4.78, 5) is 26.9. The quantitative estimate of drug-likeness (QED) is 0.744. The highest BCUT2D eigenvalue weighted by Gasteiger charge is 2.17. The van der Waals surface area contributed by atoms with Crippen LogP contribution in [0.4, 0.5) is 4.79 Å². The molecule has 1 amide bonds. The van der Waals surface area contributed by atoms with E-state index in [1.54, 1.807) is 0 Å². The Balaban J connectivity index is 1.88. The number of nitrogens with one attached hydrogen (secondary N) is 1. The van der Waals surface area contributed by atoms with Crippen LogP contribution in [0.5, 0.6) is 0 Å². The van der Waals surface area contributed by atoms with E-state index in [0.717, 1.165) is 10.6 Å². The fourth-order valence-corrected chi connectivity index (χ4v) is 3.08. The molecular weight excluding hydrogens is 352 g/mol. The number of thiazole rings is 1. The lowest BCUT2D eigenvalue weighted by Gasteiger charge is -2.17. The van der Waals surface area contributed by atoms with Gasteiger partial charge < -0.3 is 15.2 Å². The average Bonchev–Trinajstić information content (AvgIpc) is 2.96. The highest BCUT2D eigenvalue weighted by atomic mass is 35.5. The second-order valence-corrected chi connectivity index (χ2v) is 6.84. The number of benzene rings is 1. The van der Waals surface area contributed by atoms with Crippen molar-refractivity contribution in [2.24, 2.45) is 0 Å². The van der Waals surface area contributed by atoms with Crippen molar-refractivity contribution in [3.63, 3.8) is 0 Å². The first-order chi connectivity index (χ1) is 11.5. The maximum Gasteiger partial charge on any atom is 0.407 e. The molecule has 1 atom stereocenters. The van der Waals surface area contributed by atoms with E-state index in [1.807, 2.05) is 30.3 Å². The lowest BCUT2D eigenvalue weighted by atomic mass is 10.1. The highest BCUT2D eigenvalue weighted by molar-refractivity contribution is 7.15. The molecule has 0 saturated carbocycles. The van der Waals surface area contributed by atoms with Gasteiger partial charge in [-0.3, -0.25) is 4.79 Å². The molecule has 0 bridgehead atoms. The fourth-order valence-electron chi connectivity index (χ4n) is 2.05. The van der Waals surface area contributed by atoms with Crippen molar-refractivity contribution in [1.29, 1.82) is 0 Å². The Kier molecular flexibility index (Phi) is 7.02. The lowest BCUT2D eigenvalue weighted by molar-refractivity contribution is -0.137. The Morgan fingerprint density at radius 3 is 2.71 bits per heavy atom. The van der Waals surface area contributed by atoms with Gasteiger partial charge in [0, 0.05) is 18.9 Å². The van der Waals surface area contributed by atoms with E-state index in [1.165, 1.54) is 17.5 Å². The van der Waals surface area contributed by atoms with Crippen LogP contribution in [-0.4, -0.2) is 28.2 Å². The highest BCUT2D eigenvalue weighted by Crippen LogP contribution is 2.20. The van der Waals surface area contributed by atoms with Crippen molar-refractivity contribution < 1.29 is 19.4 Å². The number of rotatable bonds is 8. The Labute approximate surface area is 148 Å². The molecule has 1 aromatic carbocycles. The second-order valence-electron chi connectivity index (χ2n) is 5.10. The van der Waals surface area contributed by atoms with Gasteiger partial charge in [0.25, 0.3) is 0 Å². The summed E-state index contributed by atoms with van der Waals surface area (Å²) in [6.45, 7) is 0.154. The SMILES string of the molecule is O=C(O)CCC(Cc1ncc(Cl)s1)NC(=O)OCc1ccccc1. The third-order valence-electron chi connectivity index (χ3n) is 3.19. The molecule has 128 valence electrons. The molecule has 0 aliphatic carbocycles. The minimum absolute atomic E-state index is 0.0528. The van der Waals surface area contributed by atoms with Crippen molar-refractivity contribution in [2.45, 2.75) is 31.9 Å². The van der Waals surface area contributed by atoms with Gasteiger partial charge >= 0.3 is 12.1 Å². The lowest BCUT2D eigenvalue weighted by Crippen LogP contribution is -2.37. The number of hydrogen-bond donors (Lipinski definition) is 2. The number of hydrogen-bond acceptors (Lipinski definition) is 5. The van der Waals surface area contributed by atoms with Gasteiger partial charge in [-0.25, -0.2) is 9.78 Å². The molecule has 8 heteroatoms. The maximum atomic E-state index is 11.9. The zero-order valence-corrected chi connectivity index (χ0v) is 14.3. The van der Waals surface area contributed by atoms with Crippen LogP contribution in [0.25, 0.3) is 0 Å². The molecule has 0 radical (unpaired) electrons. The number of aliphatic carboxylic acids is 1. The largest absolute Gasteiger partial charge is 0.481 e. The molecule has 24 heavy (non-hydrogen) atoms. The average molecular weight is 369 g/mol. The van der Waals surface area contributed by atoms with Crippen LogP contribution in [0.2, 0.25) is 4.34 Å². The molecule has 0 aliphatic rings. The Morgan fingerprint density at radius 1 is 1.33 bits per heavy atom. The second kappa shape index (κ2) is 9.24. The van der Waals surface area contributed by atoms with Crippen LogP contribution in [0.3, 0.4) is 0 Å². The molecule has 2 aromatic rings. The van der Waals surface area contributed by atoms with Crippen molar-refractivity contribution in [3.05, 3.63) is 51.4 Å². The van der Waals surface area contributed by atoms with Crippen molar-refractivity contribution in [3.8, 4) is 0 Å². The molecule has 2 rings (SSSR count). The predicted octanol–water partition coefficient (Wildman–Crippen LogP) is 3.50. The molecule has 1 heterocycles. The maximum absolute atomic E-state index is 11.9. The third kappa shape index (κ3) is 6.55. The molecule has 0 aliphatic heterocycles. The Morgan fingerprint density at radius 2 is 2.08 bits per heavy atom. The van der Waals surface area contributed by atoms with Gasteiger partial charge in [-0.15, -0.1) is 11.3 Å². The summed E-state index contributed by atoms with van der Waals surface area (Å²) in [5.41, 5.74) is 0.876. The minimum atomic E-state index is -0.920. The molecule has 1 aromatic heterocycles. The van der Waals surface area contributed by atoms with Gasteiger partial charge in [0.1, 0.15) is 10.9 Å². The van der Waals surface area contributed by atoms with Crippen molar-refractivity contribution >= 4 is 35.0 Å². The Bertz CT molecular complexity index is 678. The van der Waals surface area contributed by atoms with Crippen LogP contribution in [-0.2, 0) is 22.6 Å².